The van der Waals surface area contributed by atoms with Crippen molar-refractivity contribution in [1.29, 1.82) is 0 Å². The van der Waals surface area contributed by atoms with Crippen LogP contribution in [0.15, 0.2) is 17.0 Å². The van der Waals surface area contributed by atoms with Crippen molar-refractivity contribution in [2.24, 2.45) is 17.6 Å². The Balaban J connectivity index is 1.97. The van der Waals surface area contributed by atoms with E-state index in [0.29, 0.717) is 13.1 Å². The summed E-state index contributed by atoms with van der Waals surface area (Å²) in [6.45, 7) is 2.38. The summed E-state index contributed by atoms with van der Waals surface area (Å²) < 4.78 is 40.5. The second-order valence-electron chi connectivity index (χ2n) is 6.03. The highest BCUT2D eigenvalue weighted by Gasteiger charge is 2.44. The van der Waals surface area contributed by atoms with Gasteiger partial charge in [0.25, 0.3) is 0 Å². The summed E-state index contributed by atoms with van der Waals surface area (Å²) in [6.07, 6.45) is 1.93. The molecule has 0 aromatic heterocycles. The van der Waals surface area contributed by atoms with Gasteiger partial charge in [-0.3, -0.25) is 0 Å². The Morgan fingerprint density at radius 2 is 1.86 bits per heavy atom. The van der Waals surface area contributed by atoms with Gasteiger partial charge in [0.1, 0.15) is 10.7 Å². The first-order chi connectivity index (χ1) is 9.80. The Morgan fingerprint density at radius 3 is 2.43 bits per heavy atom. The molecule has 116 valence electrons. The van der Waals surface area contributed by atoms with Gasteiger partial charge in [0, 0.05) is 19.1 Å². The van der Waals surface area contributed by atoms with Crippen LogP contribution in [0.3, 0.4) is 0 Å². The SMILES string of the molecule is Cc1cc(S(=O)(=O)N2C[C@H]3CC[C@@H](C2)C3N)c(Cl)cc1F. The molecule has 7 heteroatoms. The highest BCUT2D eigenvalue weighted by Crippen LogP contribution is 2.38. The minimum Gasteiger partial charge on any atom is -0.327 e. The van der Waals surface area contributed by atoms with E-state index in [1.165, 1.54) is 17.3 Å². The molecule has 1 aliphatic carbocycles. The molecule has 2 bridgehead atoms. The summed E-state index contributed by atoms with van der Waals surface area (Å²) >= 11 is 5.95. The predicted molar refractivity (Wildman–Crippen MR) is 79.1 cm³/mol. The molecule has 1 aliphatic heterocycles. The molecule has 1 unspecified atom stereocenters. The molecule has 1 saturated heterocycles. The van der Waals surface area contributed by atoms with Crippen LogP contribution in [0, 0.1) is 24.6 Å². The van der Waals surface area contributed by atoms with Crippen LogP contribution in [0.25, 0.3) is 0 Å². The first kappa shape index (κ1) is 15.2. The number of piperidine rings is 1. The van der Waals surface area contributed by atoms with Gasteiger partial charge in [-0.05, 0) is 49.3 Å². The standard InChI is InChI=1S/C14H18ClFN2O2S/c1-8-4-13(11(15)5-12(8)16)21(19,20)18-6-9-2-3-10(7-18)14(9)17/h4-5,9-10,14H,2-3,6-7,17H2,1H3/t9-,10+,14?. The summed E-state index contributed by atoms with van der Waals surface area (Å²) in [6, 6.07) is 2.46. The summed E-state index contributed by atoms with van der Waals surface area (Å²) in [5.74, 6) is -0.0858. The zero-order valence-electron chi connectivity index (χ0n) is 11.7. The van der Waals surface area contributed by atoms with Crippen LogP contribution < -0.4 is 5.73 Å². The van der Waals surface area contributed by atoms with Crippen molar-refractivity contribution in [2.45, 2.75) is 30.7 Å². The van der Waals surface area contributed by atoms with Gasteiger partial charge < -0.3 is 5.73 Å². The van der Waals surface area contributed by atoms with Gasteiger partial charge in [-0.25, -0.2) is 12.8 Å². The van der Waals surface area contributed by atoms with Crippen LogP contribution >= 0.6 is 11.6 Å². The molecule has 2 N–H and O–H groups in total. The number of benzene rings is 1. The van der Waals surface area contributed by atoms with Crippen molar-refractivity contribution in [1.82, 2.24) is 4.31 Å². The Morgan fingerprint density at radius 1 is 1.29 bits per heavy atom. The quantitative estimate of drug-likeness (QED) is 0.902. The van der Waals surface area contributed by atoms with Crippen molar-refractivity contribution in [3.63, 3.8) is 0 Å². The smallest absolute Gasteiger partial charge is 0.244 e. The van der Waals surface area contributed by atoms with Gasteiger partial charge in [-0.15, -0.1) is 0 Å². The van der Waals surface area contributed by atoms with Crippen LogP contribution in [0.2, 0.25) is 5.02 Å². The van der Waals surface area contributed by atoms with Crippen LogP contribution in [0.1, 0.15) is 18.4 Å². The minimum atomic E-state index is -3.70. The van der Waals surface area contributed by atoms with E-state index < -0.39 is 15.8 Å². The maximum Gasteiger partial charge on any atom is 0.244 e. The zero-order chi connectivity index (χ0) is 15.4. The highest BCUT2D eigenvalue weighted by atomic mass is 35.5. The Kier molecular flexibility index (Phi) is 3.76. The molecular weight excluding hydrogens is 315 g/mol. The van der Waals surface area contributed by atoms with E-state index in [9.17, 15) is 12.8 Å². The highest BCUT2D eigenvalue weighted by molar-refractivity contribution is 7.89. The fourth-order valence-corrected chi connectivity index (χ4v) is 5.51. The first-order valence-electron chi connectivity index (χ1n) is 7.02. The number of fused-ring (bicyclic) bond motifs is 2. The third-order valence-electron chi connectivity index (χ3n) is 4.70. The van der Waals surface area contributed by atoms with E-state index in [0.717, 1.165) is 18.9 Å². The van der Waals surface area contributed by atoms with Gasteiger partial charge >= 0.3 is 0 Å². The van der Waals surface area contributed by atoms with E-state index in [1.807, 2.05) is 0 Å². The molecule has 2 aliphatic rings. The number of aryl methyl sites for hydroxylation is 1. The third-order valence-corrected chi connectivity index (χ3v) is 7.00. The molecule has 1 saturated carbocycles. The zero-order valence-corrected chi connectivity index (χ0v) is 13.3. The van der Waals surface area contributed by atoms with Crippen molar-refractivity contribution in [3.8, 4) is 0 Å². The molecule has 21 heavy (non-hydrogen) atoms. The monoisotopic (exact) mass is 332 g/mol. The molecule has 1 aromatic rings. The van der Waals surface area contributed by atoms with E-state index in [1.54, 1.807) is 0 Å². The average molecular weight is 333 g/mol. The molecule has 4 nitrogen and oxygen atoms in total. The van der Waals surface area contributed by atoms with Gasteiger partial charge in [-0.2, -0.15) is 4.31 Å². The van der Waals surface area contributed by atoms with Gasteiger partial charge in [0.2, 0.25) is 10.0 Å². The first-order valence-corrected chi connectivity index (χ1v) is 8.84. The van der Waals surface area contributed by atoms with Gasteiger partial charge in [0.15, 0.2) is 0 Å². The maximum atomic E-state index is 13.5. The molecule has 1 aromatic carbocycles. The molecular formula is C14H18ClFN2O2S. The van der Waals surface area contributed by atoms with Crippen LogP contribution in [0.5, 0.6) is 0 Å². The van der Waals surface area contributed by atoms with Crippen LogP contribution in [-0.4, -0.2) is 31.9 Å². The van der Waals surface area contributed by atoms with E-state index in [2.05, 4.69) is 0 Å². The number of sulfonamides is 1. The molecule has 2 fully saturated rings. The summed E-state index contributed by atoms with van der Waals surface area (Å²) in [5, 5.41) is -0.0691. The number of nitrogens with two attached hydrogens (primary N) is 1. The lowest BCUT2D eigenvalue weighted by atomic mass is 9.95. The van der Waals surface area contributed by atoms with Gasteiger partial charge in [-0.1, -0.05) is 11.6 Å². The number of nitrogens with zero attached hydrogens (tertiary/aromatic N) is 1. The number of hydrogen-bond donors (Lipinski definition) is 1. The second-order valence-corrected chi connectivity index (χ2v) is 8.34. The van der Waals surface area contributed by atoms with Crippen molar-refractivity contribution >= 4 is 21.6 Å². The van der Waals surface area contributed by atoms with Crippen LogP contribution in [0.4, 0.5) is 4.39 Å². The van der Waals surface area contributed by atoms with E-state index in [-0.39, 0.29) is 33.4 Å². The Hall–Kier alpha value is -0.690. The van der Waals surface area contributed by atoms with Crippen molar-refractivity contribution in [2.75, 3.05) is 13.1 Å². The Labute approximate surface area is 129 Å². The molecule has 3 atom stereocenters. The number of rotatable bonds is 2. The lowest BCUT2D eigenvalue weighted by molar-refractivity contribution is 0.228. The van der Waals surface area contributed by atoms with Crippen molar-refractivity contribution < 1.29 is 12.8 Å². The third kappa shape index (κ3) is 2.48. The molecule has 3 rings (SSSR count). The number of halogens is 2. The molecule has 0 spiro atoms. The molecule has 0 amide bonds. The fraction of sp³-hybridized carbons (Fsp3) is 0.571. The lowest BCUT2D eigenvalue weighted by Gasteiger charge is -2.35. The Bertz CT molecular complexity index is 666. The second kappa shape index (κ2) is 5.19. The topological polar surface area (TPSA) is 63.4 Å². The molecule has 0 radical (unpaired) electrons. The normalized spacial score (nSPS) is 29.8. The minimum absolute atomic E-state index is 0.0158. The van der Waals surface area contributed by atoms with E-state index >= 15 is 0 Å². The van der Waals surface area contributed by atoms with Crippen LogP contribution in [-0.2, 0) is 10.0 Å². The fourth-order valence-electron chi connectivity index (χ4n) is 3.39. The number of hydrogen-bond acceptors (Lipinski definition) is 3. The molecule has 1 heterocycles. The lowest BCUT2D eigenvalue weighted by Crippen LogP contribution is -2.50. The largest absolute Gasteiger partial charge is 0.327 e. The van der Waals surface area contributed by atoms with Gasteiger partial charge in [0.05, 0.1) is 5.02 Å². The summed E-state index contributed by atoms with van der Waals surface area (Å²) in [5.41, 5.74) is 6.38. The van der Waals surface area contributed by atoms with Crippen molar-refractivity contribution in [3.05, 3.63) is 28.5 Å². The average Bonchev–Trinajstić information content (AvgIpc) is 2.65. The summed E-state index contributed by atoms with van der Waals surface area (Å²) in [7, 11) is -3.70. The van der Waals surface area contributed by atoms with E-state index in [4.69, 9.17) is 17.3 Å². The summed E-state index contributed by atoms with van der Waals surface area (Å²) in [4.78, 5) is -0.0158. The maximum absolute atomic E-state index is 13.5. The predicted octanol–water partition coefficient (Wildman–Crippen LogP) is 2.15.